The zero-order valence-corrected chi connectivity index (χ0v) is 13.9. The molecule has 0 fully saturated rings. The third kappa shape index (κ3) is 2.50. The van der Waals surface area contributed by atoms with Crippen molar-refractivity contribution in [3.05, 3.63) is 93.9 Å². The Bertz CT molecular complexity index is 1110. The molecule has 0 spiro atoms. The van der Waals surface area contributed by atoms with Crippen LogP contribution >= 0.6 is 0 Å². The Morgan fingerprint density at radius 2 is 1.81 bits per heavy atom. The number of aromatic nitrogens is 1. The van der Waals surface area contributed by atoms with Crippen molar-refractivity contribution in [3.63, 3.8) is 0 Å². The van der Waals surface area contributed by atoms with E-state index in [-0.39, 0.29) is 18.2 Å². The summed E-state index contributed by atoms with van der Waals surface area (Å²) in [6.07, 6.45) is 1.21. The molecule has 26 heavy (non-hydrogen) atoms. The highest BCUT2D eigenvalue weighted by atomic mass is 16.3. The topological polar surface area (TPSA) is 82.2 Å². The molecule has 1 heterocycles. The van der Waals surface area contributed by atoms with Crippen LogP contribution < -0.4 is 10.7 Å². The molecule has 0 aliphatic heterocycles. The first-order chi connectivity index (χ1) is 12.6. The SMILES string of the molecule is C=C1c2ccccc2-c2cccc(C(=O)NCc3cc(=O)c(O)c[nH]3)c21. The van der Waals surface area contributed by atoms with Crippen molar-refractivity contribution >= 4 is 11.5 Å². The molecule has 1 aliphatic carbocycles. The number of carbonyl (C=O) groups excluding carboxylic acids is 1. The van der Waals surface area contributed by atoms with E-state index in [4.69, 9.17) is 0 Å². The molecule has 1 aliphatic rings. The van der Waals surface area contributed by atoms with Gasteiger partial charge in [-0.15, -0.1) is 0 Å². The van der Waals surface area contributed by atoms with E-state index in [2.05, 4.69) is 16.9 Å². The monoisotopic (exact) mass is 344 g/mol. The molecule has 2 aromatic carbocycles. The van der Waals surface area contributed by atoms with Crippen LogP contribution in [0.25, 0.3) is 16.7 Å². The number of hydrogen-bond acceptors (Lipinski definition) is 3. The number of hydrogen-bond donors (Lipinski definition) is 3. The van der Waals surface area contributed by atoms with Crippen LogP contribution in [0.3, 0.4) is 0 Å². The molecule has 1 amide bonds. The summed E-state index contributed by atoms with van der Waals surface area (Å²) in [6.45, 7) is 4.31. The number of amides is 1. The number of nitrogens with one attached hydrogen (secondary N) is 2. The molecule has 0 bridgehead atoms. The minimum absolute atomic E-state index is 0.150. The van der Waals surface area contributed by atoms with Crippen molar-refractivity contribution in [1.29, 1.82) is 0 Å². The lowest BCUT2D eigenvalue weighted by Gasteiger charge is -2.10. The van der Waals surface area contributed by atoms with E-state index >= 15 is 0 Å². The summed E-state index contributed by atoms with van der Waals surface area (Å²) in [5.74, 6) is -0.597. The summed E-state index contributed by atoms with van der Waals surface area (Å²) in [5.41, 5.74) is 5.34. The number of aromatic hydroxyl groups is 1. The second-order valence-electron chi connectivity index (χ2n) is 6.14. The van der Waals surface area contributed by atoms with Crippen LogP contribution in [0.1, 0.15) is 27.2 Å². The van der Waals surface area contributed by atoms with Gasteiger partial charge in [-0.3, -0.25) is 9.59 Å². The van der Waals surface area contributed by atoms with Crippen molar-refractivity contribution in [2.75, 3.05) is 0 Å². The number of H-pyrrole nitrogens is 1. The van der Waals surface area contributed by atoms with Gasteiger partial charge in [0.25, 0.3) is 5.91 Å². The molecule has 0 unspecified atom stereocenters. The van der Waals surface area contributed by atoms with Gasteiger partial charge in [0, 0.05) is 29.1 Å². The molecule has 4 rings (SSSR count). The number of pyridine rings is 1. The first-order valence-corrected chi connectivity index (χ1v) is 8.17. The van der Waals surface area contributed by atoms with Crippen LogP contribution in [0, 0.1) is 0 Å². The summed E-state index contributed by atoms with van der Waals surface area (Å²) in [5, 5.41) is 12.1. The van der Waals surface area contributed by atoms with Crippen LogP contribution in [0.2, 0.25) is 0 Å². The Morgan fingerprint density at radius 1 is 1.08 bits per heavy atom. The lowest BCUT2D eigenvalue weighted by atomic mass is 9.98. The molecule has 0 atom stereocenters. The number of benzene rings is 2. The van der Waals surface area contributed by atoms with Crippen molar-refractivity contribution in [1.82, 2.24) is 10.3 Å². The fourth-order valence-electron chi connectivity index (χ4n) is 3.29. The van der Waals surface area contributed by atoms with Gasteiger partial charge >= 0.3 is 0 Å². The van der Waals surface area contributed by atoms with Gasteiger partial charge in [-0.05, 0) is 28.3 Å². The first kappa shape index (κ1) is 15.9. The average Bonchev–Trinajstić information content (AvgIpc) is 2.95. The third-order valence-electron chi connectivity index (χ3n) is 4.54. The molecular formula is C21H16N2O3. The van der Waals surface area contributed by atoms with E-state index in [1.807, 2.05) is 36.4 Å². The van der Waals surface area contributed by atoms with Gasteiger partial charge in [-0.2, -0.15) is 0 Å². The average molecular weight is 344 g/mol. The molecule has 5 heteroatoms. The fourth-order valence-corrected chi connectivity index (χ4v) is 3.29. The zero-order valence-electron chi connectivity index (χ0n) is 13.9. The van der Waals surface area contributed by atoms with Crippen LogP contribution in [-0.4, -0.2) is 16.0 Å². The third-order valence-corrected chi connectivity index (χ3v) is 4.54. The number of fused-ring (bicyclic) bond motifs is 3. The van der Waals surface area contributed by atoms with Crippen molar-refractivity contribution < 1.29 is 9.90 Å². The number of aromatic amines is 1. The predicted octanol–water partition coefficient (Wildman–Crippen LogP) is 3.05. The van der Waals surface area contributed by atoms with Crippen molar-refractivity contribution in [2.24, 2.45) is 0 Å². The summed E-state index contributed by atoms with van der Waals surface area (Å²) in [4.78, 5) is 27.0. The maximum Gasteiger partial charge on any atom is 0.252 e. The second kappa shape index (κ2) is 6.04. The first-order valence-electron chi connectivity index (χ1n) is 8.17. The minimum Gasteiger partial charge on any atom is -0.503 e. The highest BCUT2D eigenvalue weighted by molar-refractivity contribution is 6.09. The summed E-state index contributed by atoms with van der Waals surface area (Å²) < 4.78 is 0. The quantitative estimate of drug-likeness (QED) is 0.534. The van der Waals surface area contributed by atoms with E-state index in [1.165, 1.54) is 12.3 Å². The Hall–Kier alpha value is -3.60. The van der Waals surface area contributed by atoms with Gasteiger partial charge < -0.3 is 15.4 Å². The molecule has 1 aromatic heterocycles. The Kier molecular flexibility index (Phi) is 3.69. The fraction of sp³-hybridized carbons (Fsp3) is 0.0476. The van der Waals surface area contributed by atoms with E-state index in [0.717, 1.165) is 27.8 Å². The smallest absolute Gasteiger partial charge is 0.252 e. The zero-order chi connectivity index (χ0) is 18.3. The maximum absolute atomic E-state index is 12.7. The van der Waals surface area contributed by atoms with E-state index in [0.29, 0.717) is 11.3 Å². The second-order valence-corrected chi connectivity index (χ2v) is 6.14. The van der Waals surface area contributed by atoms with Gasteiger partial charge in [0.05, 0.1) is 6.54 Å². The molecule has 5 nitrogen and oxygen atoms in total. The van der Waals surface area contributed by atoms with Gasteiger partial charge in [-0.25, -0.2) is 0 Å². The molecule has 3 N–H and O–H groups in total. The normalized spacial score (nSPS) is 11.8. The highest BCUT2D eigenvalue weighted by Crippen LogP contribution is 2.44. The van der Waals surface area contributed by atoms with E-state index in [9.17, 15) is 14.7 Å². The van der Waals surface area contributed by atoms with Crippen LogP contribution in [0.4, 0.5) is 0 Å². The van der Waals surface area contributed by atoms with Crippen molar-refractivity contribution in [3.8, 4) is 16.9 Å². The summed E-state index contributed by atoms with van der Waals surface area (Å²) in [7, 11) is 0. The molecule has 0 saturated carbocycles. The molecule has 0 radical (unpaired) electrons. The summed E-state index contributed by atoms with van der Waals surface area (Å²) in [6, 6.07) is 14.8. The lowest BCUT2D eigenvalue weighted by Crippen LogP contribution is -2.25. The molecular weight excluding hydrogens is 328 g/mol. The largest absolute Gasteiger partial charge is 0.503 e. The molecule has 0 saturated heterocycles. The summed E-state index contributed by atoms with van der Waals surface area (Å²) >= 11 is 0. The highest BCUT2D eigenvalue weighted by Gasteiger charge is 2.26. The van der Waals surface area contributed by atoms with Gasteiger partial charge in [-0.1, -0.05) is 43.0 Å². The predicted molar refractivity (Wildman–Crippen MR) is 99.9 cm³/mol. The van der Waals surface area contributed by atoms with E-state index in [1.54, 1.807) is 6.07 Å². The maximum atomic E-state index is 12.7. The lowest BCUT2D eigenvalue weighted by molar-refractivity contribution is 0.0950. The minimum atomic E-state index is -0.488. The Balaban J connectivity index is 1.63. The van der Waals surface area contributed by atoms with Crippen molar-refractivity contribution in [2.45, 2.75) is 6.54 Å². The Labute approximate surface area is 149 Å². The number of carbonyl (C=O) groups is 1. The van der Waals surface area contributed by atoms with Gasteiger partial charge in [0.1, 0.15) is 0 Å². The van der Waals surface area contributed by atoms with Crippen LogP contribution in [0.15, 0.2) is 66.1 Å². The Morgan fingerprint density at radius 3 is 2.58 bits per heavy atom. The molecule has 128 valence electrons. The van der Waals surface area contributed by atoms with Crippen LogP contribution in [-0.2, 0) is 6.54 Å². The van der Waals surface area contributed by atoms with E-state index < -0.39 is 5.43 Å². The number of rotatable bonds is 3. The standard InChI is InChI=1S/C21H16N2O3/c1-12-14-5-2-3-6-15(14)16-7-4-8-17(20(12)16)21(26)23-10-13-9-18(24)19(25)11-22-13/h2-9,11,25H,1,10H2,(H,22,24)(H,23,26). The van der Waals surface area contributed by atoms with Crippen LogP contribution in [0.5, 0.6) is 5.75 Å². The van der Waals surface area contributed by atoms with Gasteiger partial charge in [0.15, 0.2) is 5.75 Å². The van der Waals surface area contributed by atoms with Gasteiger partial charge in [0.2, 0.25) is 5.43 Å². The molecule has 3 aromatic rings.